The molecular weight excluding hydrogens is 332 g/mol. The minimum absolute atomic E-state index is 0.393. The SMILES string of the molecule is Cc1nc2c3ccccc3nc(Nc3ccc4oc(=O)n(C)c4c3)n2n1. The van der Waals surface area contributed by atoms with Gasteiger partial charge in [0.1, 0.15) is 5.82 Å². The lowest BCUT2D eigenvalue weighted by Crippen LogP contribution is -2.08. The van der Waals surface area contributed by atoms with E-state index in [9.17, 15) is 4.79 Å². The summed E-state index contributed by atoms with van der Waals surface area (Å²) in [5.74, 6) is 0.821. The van der Waals surface area contributed by atoms with Gasteiger partial charge in [-0.05, 0) is 37.3 Å². The summed E-state index contributed by atoms with van der Waals surface area (Å²) >= 11 is 0. The van der Waals surface area contributed by atoms with E-state index in [-0.39, 0.29) is 0 Å². The van der Waals surface area contributed by atoms with Crippen molar-refractivity contribution in [1.82, 2.24) is 24.1 Å². The van der Waals surface area contributed by atoms with Crippen LogP contribution < -0.4 is 11.1 Å². The van der Waals surface area contributed by atoms with Crippen molar-refractivity contribution in [3.05, 3.63) is 58.8 Å². The summed E-state index contributed by atoms with van der Waals surface area (Å²) in [7, 11) is 1.67. The van der Waals surface area contributed by atoms with E-state index in [1.165, 1.54) is 4.57 Å². The Bertz CT molecular complexity index is 1360. The molecule has 8 nitrogen and oxygen atoms in total. The standard InChI is InChI=1S/C18H14N6O2/c1-10-19-16-12-5-3-4-6-13(12)21-17(24(16)22-10)20-11-7-8-15-14(9-11)23(2)18(25)26-15/h3-9H,1-2H3,(H,20,21). The number of hydrogen-bond acceptors (Lipinski definition) is 6. The van der Waals surface area contributed by atoms with E-state index in [1.54, 1.807) is 17.6 Å². The maximum atomic E-state index is 11.7. The predicted octanol–water partition coefficient (Wildman–Crippen LogP) is 2.77. The molecule has 128 valence electrons. The lowest BCUT2D eigenvalue weighted by Gasteiger charge is -2.09. The Hall–Kier alpha value is -3.68. The maximum absolute atomic E-state index is 11.7. The number of rotatable bonds is 2. The first-order valence-electron chi connectivity index (χ1n) is 8.09. The van der Waals surface area contributed by atoms with Gasteiger partial charge in [0.05, 0.1) is 11.0 Å². The highest BCUT2D eigenvalue weighted by atomic mass is 16.4. The Morgan fingerprint density at radius 2 is 1.96 bits per heavy atom. The van der Waals surface area contributed by atoms with Gasteiger partial charge in [0.15, 0.2) is 11.2 Å². The smallest absolute Gasteiger partial charge is 0.408 e. The van der Waals surface area contributed by atoms with E-state index in [4.69, 9.17) is 4.42 Å². The van der Waals surface area contributed by atoms with E-state index in [1.807, 2.05) is 43.3 Å². The third-order valence-corrected chi connectivity index (χ3v) is 4.33. The molecule has 8 heteroatoms. The molecule has 3 heterocycles. The summed E-state index contributed by atoms with van der Waals surface area (Å²) < 4.78 is 8.32. The number of nitrogens with one attached hydrogen (secondary N) is 1. The van der Waals surface area contributed by atoms with Crippen molar-refractivity contribution in [1.29, 1.82) is 0 Å². The minimum Gasteiger partial charge on any atom is -0.408 e. The van der Waals surface area contributed by atoms with Gasteiger partial charge >= 0.3 is 5.76 Å². The average molecular weight is 346 g/mol. The van der Waals surface area contributed by atoms with Crippen molar-refractivity contribution in [2.75, 3.05) is 5.32 Å². The van der Waals surface area contributed by atoms with Crippen LogP contribution in [0, 0.1) is 6.92 Å². The van der Waals surface area contributed by atoms with Crippen molar-refractivity contribution in [2.24, 2.45) is 7.05 Å². The topological polar surface area (TPSA) is 90.3 Å². The van der Waals surface area contributed by atoms with E-state index in [0.29, 0.717) is 22.9 Å². The molecule has 1 N–H and O–H groups in total. The summed E-state index contributed by atoms with van der Waals surface area (Å²) in [4.78, 5) is 20.9. The molecule has 0 aliphatic heterocycles. The maximum Gasteiger partial charge on any atom is 0.419 e. The van der Waals surface area contributed by atoms with Crippen LogP contribution in [0.4, 0.5) is 11.6 Å². The van der Waals surface area contributed by atoms with E-state index < -0.39 is 5.76 Å². The number of aryl methyl sites for hydroxylation is 2. The molecule has 3 aromatic heterocycles. The van der Waals surface area contributed by atoms with Crippen LogP contribution in [0.25, 0.3) is 27.6 Å². The van der Waals surface area contributed by atoms with Crippen LogP contribution in [0.2, 0.25) is 0 Å². The van der Waals surface area contributed by atoms with Crippen LogP contribution in [0.15, 0.2) is 51.7 Å². The van der Waals surface area contributed by atoms with Gasteiger partial charge in [-0.15, -0.1) is 5.10 Å². The number of oxazole rings is 1. The summed E-state index contributed by atoms with van der Waals surface area (Å²) in [6.45, 7) is 1.85. The fourth-order valence-electron chi connectivity index (χ4n) is 3.07. The monoisotopic (exact) mass is 346 g/mol. The first-order valence-corrected chi connectivity index (χ1v) is 8.09. The zero-order valence-electron chi connectivity index (χ0n) is 14.1. The summed E-state index contributed by atoms with van der Waals surface area (Å²) in [6, 6.07) is 13.2. The molecule has 5 rings (SSSR count). The van der Waals surface area contributed by atoms with Gasteiger partial charge in [0.25, 0.3) is 0 Å². The number of para-hydroxylation sites is 1. The fourth-order valence-corrected chi connectivity index (χ4v) is 3.07. The van der Waals surface area contributed by atoms with Crippen LogP contribution in [0.3, 0.4) is 0 Å². The van der Waals surface area contributed by atoms with Crippen molar-refractivity contribution in [3.63, 3.8) is 0 Å². The van der Waals surface area contributed by atoms with Crippen LogP contribution in [-0.4, -0.2) is 24.1 Å². The van der Waals surface area contributed by atoms with Gasteiger partial charge in [-0.25, -0.2) is 14.8 Å². The molecule has 26 heavy (non-hydrogen) atoms. The van der Waals surface area contributed by atoms with Crippen LogP contribution in [0.1, 0.15) is 5.82 Å². The van der Waals surface area contributed by atoms with E-state index in [2.05, 4.69) is 20.4 Å². The highest BCUT2D eigenvalue weighted by molar-refractivity contribution is 5.92. The highest BCUT2D eigenvalue weighted by Gasteiger charge is 2.13. The third-order valence-electron chi connectivity index (χ3n) is 4.33. The number of hydrogen-bond donors (Lipinski definition) is 1. The lowest BCUT2D eigenvalue weighted by atomic mass is 10.2. The highest BCUT2D eigenvalue weighted by Crippen LogP contribution is 2.24. The van der Waals surface area contributed by atoms with Crippen LogP contribution in [0.5, 0.6) is 0 Å². The number of nitrogens with zero attached hydrogens (tertiary/aromatic N) is 5. The molecule has 0 unspecified atom stereocenters. The Morgan fingerprint density at radius 3 is 2.85 bits per heavy atom. The minimum atomic E-state index is -0.393. The molecular formula is C18H14N6O2. The summed E-state index contributed by atoms with van der Waals surface area (Å²) in [5.41, 5.74) is 3.58. The first-order chi connectivity index (χ1) is 12.6. The largest absolute Gasteiger partial charge is 0.419 e. The molecule has 0 radical (unpaired) electrons. The van der Waals surface area contributed by atoms with Gasteiger partial charge in [-0.2, -0.15) is 4.52 Å². The van der Waals surface area contributed by atoms with Gasteiger partial charge in [-0.3, -0.25) is 4.57 Å². The van der Waals surface area contributed by atoms with E-state index in [0.717, 1.165) is 22.2 Å². The molecule has 0 spiro atoms. The normalized spacial score (nSPS) is 11.6. The molecule has 0 aliphatic rings. The van der Waals surface area contributed by atoms with Crippen molar-refractivity contribution in [2.45, 2.75) is 6.92 Å². The van der Waals surface area contributed by atoms with Crippen molar-refractivity contribution in [3.8, 4) is 0 Å². The zero-order valence-corrected chi connectivity index (χ0v) is 14.1. The Labute approximate surface area is 146 Å². The zero-order chi connectivity index (χ0) is 17.8. The number of benzene rings is 2. The van der Waals surface area contributed by atoms with Gasteiger partial charge < -0.3 is 9.73 Å². The number of aromatic nitrogens is 5. The van der Waals surface area contributed by atoms with Crippen LogP contribution in [-0.2, 0) is 7.05 Å². The second-order valence-corrected chi connectivity index (χ2v) is 6.08. The molecule has 0 saturated carbocycles. The Morgan fingerprint density at radius 1 is 1.12 bits per heavy atom. The Balaban J connectivity index is 1.71. The molecule has 0 aliphatic carbocycles. The number of fused-ring (bicyclic) bond motifs is 4. The predicted molar refractivity (Wildman–Crippen MR) is 97.8 cm³/mol. The summed E-state index contributed by atoms with van der Waals surface area (Å²) in [5, 5.41) is 8.66. The molecule has 0 saturated heterocycles. The molecule has 0 amide bonds. The molecule has 0 atom stereocenters. The summed E-state index contributed by atoms with van der Waals surface area (Å²) in [6.07, 6.45) is 0. The second-order valence-electron chi connectivity index (χ2n) is 6.08. The van der Waals surface area contributed by atoms with E-state index >= 15 is 0 Å². The van der Waals surface area contributed by atoms with Crippen molar-refractivity contribution >= 4 is 39.3 Å². The van der Waals surface area contributed by atoms with Crippen LogP contribution >= 0.6 is 0 Å². The molecule has 0 fully saturated rings. The molecule has 2 aromatic carbocycles. The average Bonchev–Trinajstić information content (AvgIpc) is 3.16. The molecule has 5 aromatic rings. The van der Waals surface area contributed by atoms with Gasteiger partial charge in [0.2, 0.25) is 5.95 Å². The van der Waals surface area contributed by atoms with Crippen molar-refractivity contribution < 1.29 is 4.42 Å². The molecule has 0 bridgehead atoms. The second kappa shape index (κ2) is 5.16. The quantitative estimate of drug-likeness (QED) is 0.528. The first kappa shape index (κ1) is 14.6. The third kappa shape index (κ3) is 2.08. The lowest BCUT2D eigenvalue weighted by molar-refractivity contribution is 0.528. The Kier molecular flexibility index (Phi) is 2.90. The number of anilines is 2. The van der Waals surface area contributed by atoms with Gasteiger partial charge in [0, 0.05) is 18.1 Å². The fraction of sp³-hybridized carbons (Fsp3) is 0.111. The van der Waals surface area contributed by atoms with Gasteiger partial charge in [-0.1, -0.05) is 12.1 Å².